The molecule has 3 aromatic rings. The number of hydrogen-bond acceptors (Lipinski definition) is 6. The molecule has 0 spiro atoms. The van der Waals surface area contributed by atoms with Gasteiger partial charge < -0.3 is 24.5 Å². The van der Waals surface area contributed by atoms with Crippen molar-refractivity contribution < 1.29 is 24.5 Å². The van der Waals surface area contributed by atoms with E-state index in [0.717, 1.165) is 17.2 Å². The molecule has 32 heavy (non-hydrogen) atoms. The summed E-state index contributed by atoms with van der Waals surface area (Å²) in [6, 6.07) is 6.05. The molecule has 0 aliphatic heterocycles. The number of allylic oxidation sites excluding steroid dienone is 4. The van der Waals surface area contributed by atoms with Crippen LogP contribution in [0, 0.1) is 0 Å². The summed E-state index contributed by atoms with van der Waals surface area (Å²) in [6.07, 6.45) is 4.71. The maximum Gasteiger partial charge on any atom is 0.239 e. The first-order chi connectivity index (χ1) is 15.1. The van der Waals surface area contributed by atoms with Crippen LogP contribution in [-0.2, 0) is 12.8 Å². The van der Waals surface area contributed by atoms with Crippen molar-refractivity contribution in [3.63, 3.8) is 0 Å². The first-order valence-corrected chi connectivity index (χ1v) is 10.3. The minimum absolute atomic E-state index is 0.0518. The molecule has 0 radical (unpaired) electrons. The lowest BCUT2D eigenvalue weighted by atomic mass is 10.0. The van der Waals surface area contributed by atoms with Crippen molar-refractivity contribution in [1.82, 2.24) is 0 Å². The van der Waals surface area contributed by atoms with Gasteiger partial charge in [0, 0.05) is 17.2 Å². The monoisotopic (exact) mass is 436 g/mol. The SMILES string of the molecule is COc1c(-c2ccc(O)c(CC=C(C)C)c2)oc2c(CC=C(C)C)c(O)cc(O)c2c1=O. The summed E-state index contributed by atoms with van der Waals surface area (Å²) in [5.41, 5.74) is 3.29. The van der Waals surface area contributed by atoms with E-state index in [1.165, 1.54) is 13.2 Å². The number of hydrogen-bond donors (Lipinski definition) is 3. The third kappa shape index (κ3) is 4.49. The van der Waals surface area contributed by atoms with Crippen LogP contribution < -0.4 is 10.2 Å². The van der Waals surface area contributed by atoms with Crippen LogP contribution in [0.4, 0.5) is 0 Å². The van der Waals surface area contributed by atoms with Gasteiger partial charge >= 0.3 is 0 Å². The predicted octanol–water partition coefficient (Wildman–Crippen LogP) is 5.60. The molecule has 0 unspecified atom stereocenters. The largest absolute Gasteiger partial charge is 0.508 e. The molecule has 0 aliphatic carbocycles. The third-order valence-corrected chi connectivity index (χ3v) is 5.17. The Labute approximate surface area is 186 Å². The molecule has 0 saturated heterocycles. The van der Waals surface area contributed by atoms with Crippen molar-refractivity contribution >= 4 is 11.0 Å². The number of aromatic hydroxyl groups is 3. The summed E-state index contributed by atoms with van der Waals surface area (Å²) < 4.78 is 11.5. The van der Waals surface area contributed by atoms with Gasteiger partial charge in [-0.2, -0.15) is 0 Å². The van der Waals surface area contributed by atoms with Gasteiger partial charge in [-0.05, 0) is 64.3 Å². The molecule has 6 heteroatoms. The number of fused-ring (bicyclic) bond motifs is 1. The second kappa shape index (κ2) is 9.22. The van der Waals surface area contributed by atoms with Gasteiger partial charge in [0.1, 0.15) is 28.2 Å². The lowest BCUT2D eigenvalue weighted by Gasteiger charge is -2.14. The number of methoxy groups -OCH3 is 1. The zero-order valence-electron chi connectivity index (χ0n) is 18.9. The molecule has 0 fully saturated rings. The zero-order chi connectivity index (χ0) is 23.6. The number of phenolic OH excluding ortho intramolecular Hbond substituents is 3. The van der Waals surface area contributed by atoms with E-state index < -0.39 is 5.43 Å². The van der Waals surface area contributed by atoms with Crippen molar-refractivity contribution in [1.29, 1.82) is 0 Å². The van der Waals surface area contributed by atoms with Crippen molar-refractivity contribution in [3.8, 4) is 34.3 Å². The van der Waals surface area contributed by atoms with Gasteiger partial charge in [0.25, 0.3) is 0 Å². The van der Waals surface area contributed by atoms with E-state index in [9.17, 15) is 20.1 Å². The molecule has 1 aromatic heterocycles. The lowest BCUT2D eigenvalue weighted by molar-refractivity contribution is 0.396. The summed E-state index contributed by atoms with van der Waals surface area (Å²) in [6.45, 7) is 7.79. The Bertz CT molecular complexity index is 1290. The van der Waals surface area contributed by atoms with Crippen LogP contribution in [0.1, 0.15) is 38.8 Å². The molecule has 3 rings (SSSR count). The Balaban J connectivity index is 2.34. The van der Waals surface area contributed by atoms with E-state index in [1.807, 2.05) is 39.8 Å². The van der Waals surface area contributed by atoms with Crippen LogP contribution >= 0.6 is 0 Å². The van der Waals surface area contributed by atoms with Crippen molar-refractivity contribution in [3.05, 3.63) is 68.9 Å². The van der Waals surface area contributed by atoms with Gasteiger partial charge in [-0.25, -0.2) is 0 Å². The van der Waals surface area contributed by atoms with E-state index in [2.05, 4.69) is 0 Å². The Kier molecular flexibility index (Phi) is 6.63. The Morgan fingerprint density at radius 3 is 2.22 bits per heavy atom. The lowest BCUT2D eigenvalue weighted by Crippen LogP contribution is -2.09. The summed E-state index contributed by atoms with van der Waals surface area (Å²) in [5.74, 6) is -0.320. The second-order valence-corrected chi connectivity index (χ2v) is 8.21. The van der Waals surface area contributed by atoms with Gasteiger partial charge in [-0.1, -0.05) is 23.3 Å². The van der Waals surface area contributed by atoms with Crippen molar-refractivity contribution in [2.45, 2.75) is 40.5 Å². The molecular formula is C26H28O6. The average molecular weight is 437 g/mol. The first-order valence-electron chi connectivity index (χ1n) is 10.3. The van der Waals surface area contributed by atoms with Gasteiger partial charge in [-0.3, -0.25) is 4.79 Å². The summed E-state index contributed by atoms with van der Waals surface area (Å²) >= 11 is 0. The van der Waals surface area contributed by atoms with Crippen molar-refractivity contribution in [2.75, 3.05) is 7.11 Å². The van der Waals surface area contributed by atoms with Gasteiger partial charge in [-0.15, -0.1) is 0 Å². The van der Waals surface area contributed by atoms with E-state index in [-0.39, 0.29) is 39.7 Å². The third-order valence-electron chi connectivity index (χ3n) is 5.17. The molecule has 0 amide bonds. The van der Waals surface area contributed by atoms with Crippen LogP contribution in [0.25, 0.3) is 22.3 Å². The highest BCUT2D eigenvalue weighted by molar-refractivity contribution is 5.91. The molecule has 6 nitrogen and oxygen atoms in total. The Morgan fingerprint density at radius 2 is 1.59 bits per heavy atom. The number of rotatable bonds is 6. The van der Waals surface area contributed by atoms with Crippen LogP contribution in [-0.4, -0.2) is 22.4 Å². The quantitative estimate of drug-likeness (QED) is 0.435. The van der Waals surface area contributed by atoms with Crippen molar-refractivity contribution in [2.24, 2.45) is 0 Å². The van der Waals surface area contributed by atoms with Crippen LogP contribution in [0.15, 0.2) is 56.8 Å². The molecule has 3 N–H and O–H groups in total. The fraction of sp³-hybridized carbons (Fsp3) is 0.269. The molecule has 2 aromatic carbocycles. The predicted molar refractivity (Wildman–Crippen MR) is 126 cm³/mol. The summed E-state index contributed by atoms with van der Waals surface area (Å²) in [7, 11) is 1.35. The first kappa shape index (κ1) is 23.0. The maximum absolute atomic E-state index is 13.2. The molecule has 168 valence electrons. The Hall–Kier alpha value is -3.67. The highest BCUT2D eigenvalue weighted by Gasteiger charge is 2.23. The topological polar surface area (TPSA) is 100 Å². The average Bonchev–Trinajstić information content (AvgIpc) is 2.72. The van der Waals surface area contributed by atoms with E-state index in [4.69, 9.17) is 9.15 Å². The summed E-state index contributed by atoms with van der Waals surface area (Å²) in [5, 5.41) is 31.1. The van der Waals surface area contributed by atoms with Gasteiger partial charge in [0.2, 0.25) is 11.2 Å². The zero-order valence-corrected chi connectivity index (χ0v) is 18.9. The van der Waals surface area contributed by atoms with Crippen LogP contribution in [0.2, 0.25) is 0 Å². The number of ether oxygens (including phenoxy) is 1. The molecule has 1 heterocycles. The summed E-state index contributed by atoms with van der Waals surface area (Å²) in [4.78, 5) is 13.2. The highest BCUT2D eigenvalue weighted by atomic mass is 16.5. The normalized spacial score (nSPS) is 10.8. The molecule has 0 saturated carbocycles. The second-order valence-electron chi connectivity index (χ2n) is 8.21. The molecular weight excluding hydrogens is 408 g/mol. The van der Waals surface area contributed by atoms with Gasteiger partial charge in [0.05, 0.1) is 7.11 Å². The molecule has 0 bridgehead atoms. The van der Waals surface area contributed by atoms with Gasteiger partial charge in [0.15, 0.2) is 5.76 Å². The van der Waals surface area contributed by atoms with Crippen LogP contribution in [0.3, 0.4) is 0 Å². The fourth-order valence-corrected chi connectivity index (χ4v) is 3.45. The minimum atomic E-state index is -0.543. The highest BCUT2D eigenvalue weighted by Crippen LogP contribution is 2.39. The van der Waals surface area contributed by atoms with E-state index >= 15 is 0 Å². The number of benzene rings is 2. The van der Waals surface area contributed by atoms with E-state index in [0.29, 0.717) is 29.5 Å². The fourth-order valence-electron chi connectivity index (χ4n) is 3.45. The smallest absolute Gasteiger partial charge is 0.239 e. The number of phenols is 3. The minimum Gasteiger partial charge on any atom is -0.508 e. The molecule has 0 aliphatic rings. The van der Waals surface area contributed by atoms with E-state index in [1.54, 1.807) is 12.1 Å². The Morgan fingerprint density at radius 1 is 0.938 bits per heavy atom. The van der Waals surface area contributed by atoms with Crippen LogP contribution in [0.5, 0.6) is 23.0 Å². The maximum atomic E-state index is 13.2. The molecule has 0 atom stereocenters. The standard InChI is InChI=1S/C26H28O6/c1-14(2)6-8-16-12-17(9-11-19(16)27)24-26(31-5)23(30)22-21(29)13-20(28)18(25(22)32-24)10-7-15(3)4/h6-7,9,11-13,27-29H,8,10H2,1-5H3.